The molecule has 2 aromatic rings. The second kappa shape index (κ2) is 9.59. The molecular weight excluding hydrogens is 318 g/mol. The van der Waals surface area contributed by atoms with E-state index < -0.39 is 12.0 Å². The lowest BCUT2D eigenvalue weighted by atomic mass is 10.1. The van der Waals surface area contributed by atoms with Crippen molar-refractivity contribution < 1.29 is 19.4 Å². The number of rotatable bonds is 9. The number of carbonyl (C=O) groups excluding carboxylic acids is 1. The number of ether oxygens (including phenoxy) is 1. The standard InChI is InChI=1S/C20H23NO4/c1-16(20(23)24)21(14-17-8-4-2-5-9-17)19(22)12-13-25-15-18-10-6-3-7-11-18/h2-11,16H,12-15H2,1H3,(H,23,24). The molecule has 0 saturated heterocycles. The van der Waals surface area contributed by atoms with Gasteiger partial charge in [-0.05, 0) is 18.1 Å². The molecule has 1 amide bonds. The second-order valence-corrected chi connectivity index (χ2v) is 5.81. The van der Waals surface area contributed by atoms with E-state index in [4.69, 9.17) is 4.74 Å². The number of nitrogens with zero attached hydrogens (tertiary/aromatic N) is 1. The Hall–Kier alpha value is -2.66. The molecule has 0 saturated carbocycles. The molecule has 0 aliphatic carbocycles. The Kier molecular flexibility index (Phi) is 7.16. The number of amides is 1. The third-order valence-electron chi connectivity index (χ3n) is 3.91. The molecule has 0 bridgehead atoms. The summed E-state index contributed by atoms with van der Waals surface area (Å²) in [5.41, 5.74) is 1.93. The number of carboxylic acid groups (broad SMARTS) is 1. The largest absolute Gasteiger partial charge is 0.480 e. The molecule has 2 aromatic carbocycles. The molecular formula is C20H23NO4. The maximum atomic E-state index is 12.5. The second-order valence-electron chi connectivity index (χ2n) is 5.81. The highest BCUT2D eigenvalue weighted by atomic mass is 16.5. The van der Waals surface area contributed by atoms with Crippen molar-refractivity contribution in [1.82, 2.24) is 4.90 Å². The molecule has 25 heavy (non-hydrogen) atoms. The maximum Gasteiger partial charge on any atom is 0.326 e. The molecule has 0 radical (unpaired) electrons. The molecule has 0 heterocycles. The van der Waals surface area contributed by atoms with Crippen molar-refractivity contribution in [2.75, 3.05) is 6.61 Å². The average Bonchev–Trinajstić information content (AvgIpc) is 2.64. The lowest BCUT2D eigenvalue weighted by molar-refractivity contribution is -0.150. The molecule has 1 N–H and O–H groups in total. The van der Waals surface area contributed by atoms with Crippen LogP contribution in [0.4, 0.5) is 0 Å². The Balaban J connectivity index is 1.89. The predicted molar refractivity (Wildman–Crippen MR) is 94.8 cm³/mol. The zero-order chi connectivity index (χ0) is 18.1. The van der Waals surface area contributed by atoms with Gasteiger partial charge >= 0.3 is 5.97 Å². The summed E-state index contributed by atoms with van der Waals surface area (Å²) in [4.78, 5) is 25.2. The molecule has 0 aromatic heterocycles. The number of benzene rings is 2. The van der Waals surface area contributed by atoms with Crippen LogP contribution < -0.4 is 0 Å². The average molecular weight is 341 g/mol. The van der Waals surface area contributed by atoms with Crippen molar-refractivity contribution in [2.45, 2.75) is 32.5 Å². The molecule has 2 rings (SSSR count). The summed E-state index contributed by atoms with van der Waals surface area (Å²) in [6.07, 6.45) is 0.150. The Morgan fingerprint density at radius 3 is 2.12 bits per heavy atom. The topological polar surface area (TPSA) is 66.8 Å². The van der Waals surface area contributed by atoms with Crippen LogP contribution in [0.1, 0.15) is 24.5 Å². The Labute approximate surface area is 147 Å². The van der Waals surface area contributed by atoms with Crippen molar-refractivity contribution in [1.29, 1.82) is 0 Å². The van der Waals surface area contributed by atoms with E-state index in [1.54, 1.807) is 0 Å². The first-order chi connectivity index (χ1) is 12.1. The molecule has 132 valence electrons. The van der Waals surface area contributed by atoms with Gasteiger partial charge in [0.2, 0.25) is 5.91 Å². The first-order valence-corrected chi connectivity index (χ1v) is 8.26. The lowest BCUT2D eigenvalue weighted by Gasteiger charge is -2.26. The van der Waals surface area contributed by atoms with Crippen LogP contribution in [0.15, 0.2) is 60.7 Å². The van der Waals surface area contributed by atoms with Gasteiger partial charge in [-0.2, -0.15) is 0 Å². The molecule has 1 unspecified atom stereocenters. The van der Waals surface area contributed by atoms with Crippen LogP contribution in [-0.2, 0) is 27.5 Å². The number of aliphatic carboxylic acids is 1. The van der Waals surface area contributed by atoms with Gasteiger partial charge in [-0.25, -0.2) is 4.79 Å². The zero-order valence-corrected chi connectivity index (χ0v) is 14.3. The van der Waals surface area contributed by atoms with Crippen molar-refractivity contribution in [3.63, 3.8) is 0 Å². The van der Waals surface area contributed by atoms with E-state index in [2.05, 4.69) is 0 Å². The number of hydrogen-bond donors (Lipinski definition) is 1. The summed E-state index contributed by atoms with van der Waals surface area (Å²) in [5.74, 6) is -1.25. The van der Waals surface area contributed by atoms with E-state index in [9.17, 15) is 14.7 Å². The van der Waals surface area contributed by atoms with Crippen LogP contribution in [0.3, 0.4) is 0 Å². The van der Waals surface area contributed by atoms with Crippen molar-refractivity contribution in [2.24, 2.45) is 0 Å². The highest BCUT2D eigenvalue weighted by Crippen LogP contribution is 2.11. The Bertz CT molecular complexity index is 673. The van der Waals surface area contributed by atoms with Gasteiger partial charge in [0.15, 0.2) is 0 Å². The van der Waals surface area contributed by atoms with Crippen LogP contribution in [-0.4, -0.2) is 34.5 Å². The highest BCUT2D eigenvalue weighted by Gasteiger charge is 2.25. The van der Waals surface area contributed by atoms with Gasteiger partial charge < -0.3 is 14.7 Å². The van der Waals surface area contributed by atoms with Crippen molar-refractivity contribution in [3.05, 3.63) is 71.8 Å². The number of carboxylic acids is 1. The summed E-state index contributed by atoms with van der Waals surface area (Å²) in [7, 11) is 0. The van der Waals surface area contributed by atoms with Gasteiger partial charge in [-0.3, -0.25) is 4.79 Å². The van der Waals surface area contributed by atoms with Crippen LogP contribution in [0.25, 0.3) is 0 Å². The molecule has 0 aliphatic rings. The maximum absolute atomic E-state index is 12.5. The fraction of sp³-hybridized carbons (Fsp3) is 0.300. The highest BCUT2D eigenvalue weighted by molar-refractivity contribution is 5.83. The van der Waals surface area contributed by atoms with E-state index in [0.29, 0.717) is 6.61 Å². The molecule has 5 nitrogen and oxygen atoms in total. The van der Waals surface area contributed by atoms with Crippen LogP contribution in [0.5, 0.6) is 0 Å². The first-order valence-electron chi connectivity index (χ1n) is 8.26. The quantitative estimate of drug-likeness (QED) is 0.712. The first kappa shape index (κ1) is 18.7. The molecule has 1 atom stereocenters. The van der Waals surface area contributed by atoms with Gasteiger partial charge in [0.05, 0.1) is 19.6 Å². The molecule has 0 fully saturated rings. The summed E-state index contributed by atoms with van der Waals surface area (Å²) < 4.78 is 5.54. The zero-order valence-electron chi connectivity index (χ0n) is 14.3. The van der Waals surface area contributed by atoms with Gasteiger partial charge in [-0.15, -0.1) is 0 Å². The monoisotopic (exact) mass is 341 g/mol. The van der Waals surface area contributed by atoms with E-state index in [0.717, 1.165) is 11.1 Å². The molecule has 5 heteroatoms. The lowest BCUT2D eigenvalue weighted by Crippen LogP contribution is -2.43. The fourth-order valence-electron chi connectivity index (χ4n) is 2.42. The third kappa shape index (κ3) is 6.04. The fourth-order valence-corrected chi connectivity index (χ4v) is 2.42. The van der Waals surface area contributed by atoms with Crippen LogP contribution >= 0.6 is 0 Å². The minimum absolute atomic E-state index is 0.150. The summed E-state index contributed by atoms with van der Waals surface area (Å²) >= 11 is 0. The van der Waals surface area contributed by atoms with E-state index >= 15 is 0 Å². The minimum Gasteiger partial charge on any atom is -0.480 e. The van der Waals surface area contributed by atoms with E-state index in [-0.39, 0.29) is 25.5 Å². The van der Waals surface area contributed by atoms with Gasteiger partial charge in [-0.1, -0.05) is 60.7 Å². The van der Waals surface area contributed by atoms with E-state index in [1.165, 1.54) is 11.8 Å². The molecule has 0 aliphatic heterocycles. The smallest absolute Gasteiger partial charge is 0.326 e. The van der Waals surface area contributed by atoms with Crippen molar-refractivity contribution in [3.8, 4) is 0 Å². The normalized spacial score (nSPS) is 11.7. The van der Waals surface area contributed by atoms with E-state index in [1.807, 2.05) is 60.7 Å². The predicted octanol–water partition coefficient (Wildman–Crippen LogP) is 3.10. The minimum atomic E-state index is -1.02. The van der Waals surface area contributed by atoms with Crippen LogP contribution in [0, 0.1) is 0 Å². The summed E-state index contributed by atoms with van der Waals surface area (Å²) in [6, 6.07) is 18.2. The molecule has 0 spiro atoms. The SMILES string of the molecule is CC(C(=O)O)N(Cc1ccccc1)C(=O)CCOCc1ccccc1. The Morgan fingerprint density at radius 1 is 1.00 bits per heavy atom. The third-order valence-corrected chi connectivity index (χ3v) is 3.91. The van der Waals surface area contributed by atoms with Gasteiger partial charge in [0.25, 0.3) is 0 Å². The van der Waals surface area contributed by atoms with Crippen molar-refractivity contribution >= 4 is 11.9 Å². The van der Waals surface area contributed by atoms with Gasteiger partial charge in [0.1, 0.15) is 6.04 Å². The summed E-state index contributed by atoms with van der Waals surface area (Å²) in [6.45, 7) is 2.48. The van der Waals surface area contributed by atoms with Crippen LogP contribution in [0.2, 0.25) is 0 Å². The number of carbonyl (C=O) groups is 2. The summed E-state index contributed by atoms with van der Waals surface area (Å²) in [5, 5.41) is 9.27. The van der Waals surface area contributed by atoms with Gasteiger partial charge in [0, 0.05) is 6.54 Å². The number of hydrogen-bond acceptors (Lipinski definition) is 3. The Morgan fingerprint density at radius 2 is 1.56 bits per heavy atom.